The molecule has 0 N–H and O–H groups in total. The van der Waals surface area contributed by atoms with Crippen LogP contribution in [-0.4, -0.2) is 17.0 Å². The Morgan fingerprint density at radius 1 is 0.529 bits per heavy atom. The lowest BCUT2D eigenvalue weighted by molar-refractivity contribution is 0.0967. The molecule has 0 aromatic heterocycles. The highest BCUT2D eigenvalue weighted by molar-refractivity contribution is 5.14. The molecule has 0 aliphatic rings. The maximum Gasteiger partial charge on any atom is 0.0239 e. The van der Waals surface area contributed by atoms with Crippen LogP contribution < -0.4 is 0 Å². The second kappa shape index (κ2) is 21.5. The average Bonchev–Trinajstić information content (AvgIpc) is 2.84. The fourth-order valence-corrected chi connectivity index (χ4v) is 5.22. The van der Waals surface area contributed by atoms with Gasteiger partial charge in [0.25, 0.3) is 0 Å². The fourth-order valence-electron chi connectivity index (χ4n) is 5.22. The first-order valence-electron chi connectivity index (χ1n) is 15.4. The average molecular weight is 472 g/mol. The van der Waals surface area contributed by atoms with Crippen molar-refractivity contribution >= 4 is 0 Å². The lowest BCUT2D eigenvalue weighted by Gasteiger charge is -2.39. The van der Waals surface area contributed by atoms with Crippen molar-refractivity contribution in [3.63, 3.8) is 0 Å². The Morgan fingerprint density at radius 2 is 0.941 bits per heavy atom. The molecule has 0 fully saturated rings. The van der Waals surface area contributed by atoms with Gasteiger partial charge in [-0.15, -0.1) is 0 Å². The summed E-state index contributed by atoms with van der Waals surface area (Å²) in [6.45, 7) is 11.9. The van der Waals surface area contributed by atoms with E-state index < -0.39 is 0 Å². The summed E-state index contributed by atoms with van der Waals surface area (Å²) in [5.41, 5.74) is 1.76. The number of nitrogens with zero attached hydrogens (tertiary/aromatic N) is 1. The summed E-state index contributed by atoms with van der Waals surface area (Å²) in [6, 6.07) is 11.1. The largest absolute Gasteiger partial charge is 0.294 e. The van der Waals surface area contributed by atoms with Gasteiger partial charge in [0.15, 0.2) is 0 Å². The van der Waals surface area contributed by atoms with E-state index in [4.69, 9.17) is 0 Å². The summed E-state index contributed by atoms with van der Waals surface area (Å²) in [5.74, 6) is 0. The van der Waals surface area contributed by atoms with Crippen molar-refractivity contribution in [2.75, 3.05) is 6.54 Å². The first-order valence-corrected chi connectivity index (χ1v) is 15.4. The molecule has 1 aromatic rings. The number of benzene rings is 1. The molecule has 0 radical (unpaired) electrons. The molecule has 0 amide bonds. The van der Waals surface area contributed by atoms with Crippen LogP contribution in [0.5, 0.6) is 0 Å². The van der Waals surface area contributed by atoms with Gasteiger partial charge in [0, 0.05) is 12.1 Å². The van der Waals surface area contributed by atoms with Crippen molar-refractivity contribution in [3.05, 3.63) is 35.9 Å². The van der Waals surface area contributed by atoms with Gasteiger partial charge in [-0.2, -0.15) is 0 Å². The minimum absolute atomic E-state index is 0.288. The molecule has 0 unspecified atom stereocenters. The van der Waals surface area contributed by atoms with Crippen LogP contribution in [0.1, 0.15) is 162 Å². The Hall–Kier alpha value is -0.820. The van der Waals surface area contributed by atoms with E-state index in [-0.39, 0.29) is 5.54 Å². The molecule has 0 atom stereocenters. The SMILES string of the molecule is CCCCCCCCCCCCN(Cc1ccccc1)C(C)(C)CCCCCCCCCCC. The van der Waals surface area contributed by atoms with Gasteiger partial charge in [0.1, 0.15) is 0 Å². The molecule has 1 nitrogen and oxygen atoms in total. The summed E-state index contributed by atoms with van der Waals surface area (Å²) in [7, 11) is 0. The van der Waals surface area contributed by atoms with E-state index in [1.165, 1.54) is 141 Å². The van der Waals surface area contributed by atoms with Crippen molar-refractivity contribution in [3.8, 4) is 0 Å². The van der Waals surface area contributed by atoms with Gasteiger partial charge in [-0.3, -0.25) is 4.90 Å². The zero-order valence-corrected chi connectivity index (χ0v) is 23.9. The molecular weight excluding hydrogens is 410 g/mol. The van der Waals surface area contributed by atoms with Crippen LogP contribution >= 0.6 is 0 Å². The Morgan fingerprint density at radius 3 is 1.41 bits per heavy atom. The van der Waals surface area contributed by atoms with E-state index in [0.29, 0.717) is 0 Å². The third kappa shape index (κ3) is 16.7. The van der Waals surface area contributed by atoms with Crippen LogP contribution in [-0.2, 0) is 6.54 Å². The minimum atomic E-state index is 0.288. The molecular formula is C33H61N. The third-order valence-corrected chi connectivity index (χ3v) is 7.75. The van der Waals surface area contributed by atoms with Crippen molar-refractivity contribution in [2.45, 2.75) is 168 Å². The zero-order chi connectivity index (χ0) is 24.7. The number of rotatable bonds is 24. The van der Waals surface area contributed by atoms with Crippen LogP contribution in [0.3, 0.4) is 0 Å². The Bertz CT molecular complexity index is 535. The maximum atomic E-state index is 2.79. The Kier molecular flexibility index (Phi) is 19.7. The first-order chi connectivity index (χ1) is 16.6. The molecule has 0 spiro atoms. The lowest BCUT2D eigenvalue weighted by Crippen LogP contribution is -2.44. The van der Waals surface area contributed by atoms with E-state index in [1.54, 1.807) is 0 Å². The standard InChI is InChI=1S/C33H61N/c1-5-7-9-11-13-15-17-19-21-26-30-34(31-32-27-23-22-24-28-32)33(3,4)29-25-20-18-16-14-12-10-8-6-2/h22-24,27-28H,5-21,25-26,29-31H2,1-4H3. The number of unbranched alkanes of at least 4 members (excludes halogenated alkanes) is 17. The maximum absolute atomic E-state index is 2.79. The quantitative estimate of drug-likeness (QED) is 0.135. The van der Waals surface area contributed by atoms with Crippen molar-refractivity contribution in [2.24, 2.45) is 0 Å². The van der Waals surface area contributed by atoms with Gasteiger partial charge in [-0.05, 0) is 38.8 Å². The highest BCUT2D eigenvalue weighted by atomic mass is 15.2. The molecule has 1 rings (SSSR count). The number of hydrogen-bond acceptors (Lipinski definition) is 1. The van der Waals surface area contributed by atoms with Crippen molar-refractivity contribution < 1.29 is 0 Å². The molecule has 34 heavy (non-hydrogen) atoms. The third-order valence-electron chi connectivity index (χ3n) is 7.75. The predicted octanol–water partition coefficient (Wildman–Crippen LogP) is 11.1. The number of hydrogen-bond donors (Lipinski definition) is 0. The predicted molar refractivity (Wildman–Crippen MR) is 155 cm³/mol. The van der Waals surface area contributed by atoms with E-state index in [9.17, 15) is 0 Å². The van der Waals surface area contributed by atoms with Gasteiger partial charge in [-0.1, -0.05) is 160 Å². The summed E-state index contributed by atoms with van der Waals surface area (Å²) >= 11 is 0. The molecule has 0 heterocycles. The van der Waals surface area contributed by atoms with E-state index >= 15 is 0 Å². The molecule has 0 bridgehead atoms. The van der Waals surface area contributed by atoms with Crippen molar-refractivity contribution in [1.29, 1.82) is 0 Å². The van der Waals surface area contributed by atoms with Crippen molar-refractivity contribution in [1.82, 2.24) is 4.90 Å². The molecule has 198 valence electrons. The highest BCUT2D eigenvalue weighted by Crippen LogP contribution is 2.26. The summed E-state index contributed by atoms with van der Waals surface area (Å²) in [5, 5.41) is 0. The Labute approximate surface area is 215 Å². The molecule has 0 saturated heterocycles. The van der Waals surface area contributed by atoms with Gasteiger partial charge >= 0.3 is 0 Å². The molecule has 1 aromatic carbocycles. The first kappa shape index (κ1) is 31.2. The zero-order valence-electron chi connectivity index (χ0n) is 23.9. The normalized spacial score (nSPS) is 12.0. The topological polar surface area (TPSA) is 3.24 Å². The van der Waals surface area contributed by atoms with Gasteiger partial charge < -0.3 is 0 Å². The smallest absolute Gasteiger partial charge is 0.0239 e. The second-order valence-corrected chi connectivity index (χ2v) is 11.5. The summed E-state index contributed by atoms with van der Waals surface area (Å²) in [6.07, 6.45) is 28.3. The van der Waals surface area contributed by atoms with E-state index in [2.05, 4.69) is 62.9 Å². The molecule has 1 heteroatoms. The molecule has 0 aliphatic carbocycles. The highest BCUT2D eigenvalue weighted by Gasteiger charge is 2.25. The second-order valence-electron chi connectivity index (χ2n) is 11.5. The minimum Gasteiger partial charge on any atom is -0.294 e. The lowest BCUT2D eigenvalue weighted by atomic mass is 9.92. The van der Waals surface area contributed by atoms with Gasteiger partial charge in [-0.25, -0.2) is 0 Å². The van der Waals surface area contributed by atoms with Gasteiger partial charge in [0.2, 0.25) is 0 Å². The van der Waals surface area contributed by atoms with Gasteiger partial charge in [0.05, 0.1) is 0 Å². The van der Waals surface area contributed by atoms with E-state index in [0.717, 1.165) is 6.54 Å². The molecule has 0 aliphatic heterocycles. The summed E-state index contributed by atoms with van der Waals surface area (Å²) < 4.78 is 0. The van der Waals surface area contributed by atoms with Crippen LogP contribution in [0, 0.1) is 0 Å². The van der Waals surface area contributed by atoms with Crippen LogP contribution in [0.4, 0.5) is 0 Å². The Balaban J connectivity index is 2.32. The van der Waals surface area contributed by atoms with Crippen LogP contribution in [0.15, 0.2) is 30.3 Å². The van der Waals surface area contributed by atoms with E-state index in [1.807, 2.05) is 0 Å². The fraction of sp³-hybridized carbons (Fsp3) is 0.818. The summed E-state index contributed by atoms with van der Waals surface area (Å²) in [4.78, 5) is 2.79. The van der Waals surface area contributed by atoms with Crippen LogP contribution in [0.25, 0.3) is 0 Å². The molecule has 0 saturated carbocycles. The monoisotopic (exact) mass is 471 g/mol. The van der Waals surface area contributed by atoms with Crippen LogP contribution in [0.2, 0.25) is 0 Å².